The Morgan fingerprint density at radius 1 is 1.47 bits per heavy atom. The fourth-order valence-electron chi connectivity index (χ4n) is 1.18. The van der Waals surface area contributed by atoms with Crippen LogP contribution >= 0.6 is 11.6 Å². The normalized spacial score (nSPS) is 10.5. The van der Waals surface area contributed by atoms with Gasteiger partial charge in [-0.3, -0.25) is 0 Å². The molecule has 1 rings (SSSR count). The van der Waals surface area contributed by atoms with Crippen LogP contribution in [-0.2, 0) is 0 Å². The van der Waals surface area contributed by atoms with Gasteiger partial charge in [0.2, 0.25) is 0 Å². The fourth-order valence-corrected chi connectivity index (χ4v) is 1.36. The van der Waals surface area contributed by atoms with Crippen molar-refractivity contribution in [2.45, 2.75) is 6.92 Å². The summed E-state index contributed by atoms with van der Waals surface area (Å²) in [6.45, 7) is 2.82. The summed E-state index contributed by atoms with van der Waals surface area (Å²) in [4.78, 5) is 11.4. The number of benzene rings is 1. The molecule has 0 saturated heterocycles. The number of hydrogen-bond donors (Lipinski definition) is 3. The van der Waals surface area contributed by atoms with Crippen molar-refractivity contribution in [1.29, 1.82) is 0 Å². The van der Waals surface area contributed by atoms with Crippen molar-refractivity contribution in [3.8, 4) is 0 Å². The van der Waals surface area contributed by atoms with Gasteiger partial charge in [-0.25, -0.2) is 4.79 Å². The molecule has 0 saturated carbocycles. The molecule has 0 radical (unpaired) electrons. The van der Waals surface area contributed by atoms with Gasteiger partial charge in [0, 0.05) is 23.8 Å². The number of nitrogens with one attached hydrogen (secondary N) is 2. The highest BCUT2D eigenvalue weighted by Gasteiger charge is 2.01. The summed E-state index contributed by atoms with van der Waals surface area (Å²) in [5.41, 5.74) is 6.91. The Hall–Kier alpha value is -1.52. The molecule has 4 N–H and O–H groups in total. The second kappa shape index (κ2) is 6.93. The molecule has 92 valence electrons. The minimum atomic E-state index is -0.272. The maximum Gasteiger partial charge on any atom is 0.319 e. The van der Waals surface area contributed by atoms with Crippen molar-refractivity contribution in [1.82, 2.24) is 5.32 Å². The fraction of sp³-hybridized carbons (Fsp3) is 0.250. The van der Waals surface area contributed by atoms with Crippen LogP contribution in [0.15, 0.2) is 30.4 Å². The monoisotopic (exact) mass is 253 g/mol. The van der Waals surface area contributed by atoms with Gasteiger partial charge in [-0.05, 0) is 24.6 Å². The predicted molar refractivity (Wildman–Crippen MR) is 71.4 cm³/mol. The average molecular weight is 254 g/mol. The molecule has 2 amide bonds. The highest BCUT2D eigenvalue weighted by molar-refractivity contribution is 6.31. The Balaban J connectivity index is 2.45. The van der Waals surface area contributed by atoms with E-state index in [1.165, 1.54) is 0 Å². The third-order valence-corrected chi connectivity index (χ3v) is 2.52. The zero-order valence-corrected chi connectivity index (χ0v) is 10.4. The van der Waals surface area contributed by atoms with E-state index in [9.17, 15) is 4.79 Å². The van der Waals surface area contributed by atoms with E-state index in [2.05, 4.69) is 10.6 Å². The van der Waals surface area contributed by atoms with E-state index in [0.717, 1.165) is 5.56 Å². The van der Waals surface area contributed by atoms with Crippen LogP contribution < -0.4 is 16.4 Å². The van der Waals surface area contributed by atoms with Crippen LogP contribution in [0, 0.1) is 6.92 Å². The predicted octanol–water partition coefficient (Wildman–Crippen LogP) is 2.28. The number of hydrogen-bond acceptors (Lipinski definition) is 2. The second-order valence-electron chi connectivity index (χ2n) is 3.51. The smallest absolute Gasteiger partial charge is 0.319 e. The number of aryl methyl sites for hydroxylation is 1. The summed E-state index contributed by atoms with van der Waals surface area (Å²) < 4.78 is 0. The van der Waals surface area contributed by atoms with Crippen LogP contribution in [0.4, 0.5) is 10.5 Å². The molecule has 0 heterocycles. The van der Waals surface area contributed by atoms with E-state index in [0.29, 0.717) is 23.8 Å². The van der Waals surface area contributed by atoms with Crippen LogP contribution in [0.1, 0.15) is 5.56 Å². The van der Waals surface area contributed by atoms with Crippen molar-refractivity contribution in [2.24, 2.45) is 5.73 Å². The largest absolute Gasteiger partial charge is 0.334 e. The van der Waals surface area contributed by atoms with E-state index in [1.54, 1.807) is 24.3 Å². The molecule has 0 atom stereocenters. The van der Waals surface area contributed by atoms with Gasteiger partial charge < -0.3 is 16.4 Å². The number of carbonyl (C=O) groups excluding carboxylic acids is 1. The lowest BCUT2D eigenvalue weighted by molar-refractivity contribution is 0.253. The summed E-state index contributed by atoms with van der Waals surface area (Å²) in [6, 6.07) is 5.10. The summed E-state index contributed by atoms with van der Waals surface area (Å²) in [5.74, 6) is 0. The van der Waals surface area contributed by atoms with E-state index < -0.39 is 0 Å². The first-order valence-electron chi connectivity index (χ1n) is 5.29. The Kier molecular flexibility index (Phi) is 5.52. The van der Waals surface area contributed by atoms with Crippen molar-refractivity contribution >= 4 is 23.3 Å². The first kappa shape index (κ1) is 13.5. The summed E-state index contributed by atoms with van der Waals surface area (Å²) in [5, 5.41) is 5.98. The van der Waals surface area contributed by atoms with Gasteiger partial charge in [0.15, 0.2) is 0 Å². The Morgan fingerprint density at radius 2 is 2.24 bits per heavy atom. The number of rotatable bonds is 4. The van der Waals surface area contributed by atoms with Crippen molar-refractivity contribution in [2.75, 3.05) is 18.4 Å². The maximum atomic E-state index is 11.4. The lowest BCUT2D eigenvalue weighted by Gasteiger charge is -2.07. The van der Waals surface area contributed by atoms with Gasteiger partial charge in [0.1, 0.15) is 0 Å². The Bertz CT molecular complexity index is 418. The molecular weight excluding hydrogens is 238 g/mol. The standard InChI is InChI=1S/C12H16ClN3O/c1-9-4-5-10(8-11(9)13)16-12(17)15-7-3-2-6-14/h2-5,8H,6-7,14H2,1H3,(H2,15,16,17)/b3-2+. The number of carbonyl (C=O) groups is 1. The molecule has 0 bridgehead atoms. The van der Waals surface area contributed by atoms with E-state index in [4.69, 9.17) is 17.3 Å². The van der Waals surface area contributed by atoms with Crippen LogP contribution in [0.3, 0.4) is 0 Å². The quantitative estimate of drug-likeness (QED) is 0.721. The highest BCUT2D eigenvalue weighted by Crippen LogP contribution is 2.19. The van der Waals surface area contributed by atoms with Crippen LogP contribution in [0.25, 0.3) is 0 Å². The number of nitrogens with two attached hydrogens (primary N) is 1. The molecule has 1 aromatic rings. The average Bonchev–Trinajstić information content (AvgIpc) is 2.30. The molecule has 0 fully saturated rings. The highest BCUT2D eigenvalue weighted by atomic mass is 35.5. The third kappa shape index (κ3) is 4.89. The minimum Gasteiger partial charge on any atom is -0.334 e. The molecule has 0 aromatic heterocycles. The molecule has 0 aliphatic heterocycles. The zero-order chi connectivity index (χ0) is 12.7. The van der Waals surface area contributed by atoms with Gasteiger partial charge in [0.25, 0.3) is 0 Å². The van der Waals surface area contributed by atoms with Gasteiger partial charge in [-0.15, -0.1) is 0 Å². The van der Waals surface area contributed by atoms with E-state index >= 15 is 0 Å². The maximum absolute atomic E-state index is 11.4. The molecule has 1 aromatic carbocycles. The van der Waals surface area contributed by atoms with Crippen LogP contribution in [0.5, 0.6) is 0 Å². The molecule has 0 aliphatic rings. The number of urea groups is 1. The zero-order valence-electron chi connectivity index (χ0n) is 9.66. The van der Waals surface area contributed by atoms with Crippen LogP contribution in [-0.4, -0.2) is 19.1 Å². The minimum absolute atomic E-state index is 0.272. The molecule has 17 heavy (non-hydrogen) atoms. The lowest BCUT2D eigenvalue weighted by atomic mass is 10.2. The number of halogens is 1. The van der Waals surface area contributed by atoms with E-state index in [1.807, 2.05) is 13.0 Å². The lowest BCUT2D eigenvalue weighted by Crippen LogP contribution is -2.28. The van der Waals surface area contributed by atoms with Gasteiger partial charge >= 0.3 is 6.03 Å². The first-order chi connectivity index (χ1) is 8.13. The molecule has 4 nitrogen and oxygen atoms in total. The van der Waals surface area contributed by atoms with Gasteiger partial charge in [-0.2, -0.15) is 0 Å². The van der Waals surface area contributed by atoms with Crippen molar-refractivity contribution in [3.63, 3.8) is 0 Å². The topological polar surface area (TPSA) is 67.2 Å². The third-order valence-electron chi connectivity index (χ3n) is 2.11. The number of anilines is 1. The molecule has 0 aliphatic carbocycles. The summed E-state index contributed by atoms with van der Waals surface area (Å²) in [6.07, 6.45) is 3.57. The molecule has 0 spiro atoms. The van der Waals surface area contributed by atoms with Crippen molar-refractivity contribution < 1.29 is 4.79 Å². The summed E-state index contributed by atoms with van der Waals surface area (Å²) >= 11 is 5.95. The molecule has 0 unspecified atom stereocenters. The second-order valence-corrected chi connectivity index (χ2v) is 3.91. The molecule has 5 heteroatoms. The first-order valence-corrected chi connectivity index (χ1v) is 5.67. The summed E-state index contributed by atoms with van der Waals surface area (Å²) in [7, 11) is 0. The number of amides is 2. The van der Waals surface area contributed by atoms with Crippen molar-refractivity contribution in [3.05, 3.63) is 40.9 Å². The molecular formula is C12H16ClN3O. The Morgan fingerprint density at radius 3 is 2.88 bits per heavy atom. The Labute approximate surface area is 106 Å². The van der Waals surface area contributed by atoms with Crippen LogP contribution in [0.2, 0.25) is 5.02 Å². The van der Waals surface area contributed by atoms with E-state index in [-0.39, 0.29) is 6.03 Å². The van der Waals surface area contributed by atoms with Gasteiger partial charge in [-0.1, -0.05) is 29.8 Å². The van der Waals surface area contributed by atoms with Gasteiger partial charge in [0.05, 0.1) is 0 Å². The SMILES string of the molecule is Cc1ccc(NC(=O)NC/C=C/CN)cc1Cl.